The van der Waals surface area contributed by atoms with Gasteiger partial charge in [0.05, 0.1) is 6.54 Å². The van der Waals surface area contributed by atoms with Gasteiger partial charge in [0.25, 0.3) is 0 Å². The van der Waals surface area contributed by atoms with Crippen LogP contribution in [0.25, 0.3) is 0 Å². The fraction of sp³-hybridized carbons (Fsp3) is 0.600. The summed E-state index contributed by atoms with van der Waals surface area (Å²) in [6.07, 6.45) is 4.18. The zero-order valence-electron chi connectivity index (χ0n) is 16.6. The average molecular weight is 393 g/mol. The first kappa shape index (κ1) is 21.4. The summed E-state index contributed by atoms with van der Waals surface area (Å²) in [5, 5.41) is 9.90. The molecule has 6 nitrogen and oxygen atoms in total. The maximum Gasteiger partial charge on any atom is 0.221 e. The van der Waals surface area contributed by atoms with Gasteiger partial charge in [-0.25, -0.2) is 4.99 Å². The number of anilines is 1. The summed E-state index contributed by atoms with van der Waals surface area (Å²) in [6, 6.07) is 8.04. The van der Waals surface area contributed by atoms with Crippen molar-refractivity contribution < 1.29 is 9.00 Å². The third-order valence-corrected chi connectivity index (χ3v) is 6.38. The lowest BCUT2D eigenvalue weighted by Gasteiger charge is -2.30. The fourth-order valence-electron chi connectivity index (χ4n) is 3.38. The molecule has 0 saturated heterocycles. The lowest BCUT2D eigenvalue weighted by Crippen LogP contribution is -2.46. The van der Waals surface area contributed by atoms with E-state index in [9.17, 15) is 9.00 Å². The number of amides is 1. The molecule has 3 N–H and O–H groups in total. The van der Waals surface area contributed by atoms with E-state index in [0.717, 1.165) is 55.2 Å². The van der Waals surface area contributed by atoms with Crippen LogP contribution in [0.5, 0.6) is 0 Å². The molecule has 0 aliphatic heterocycles. The minimum absolute atomic E-state index is 0.0815. The molecule has 2 rings (SSSR count). The number of nitrogens with one attached hydrogen (secondary N) is 3. The van der Waals surface area contributed by atoms with Gasteiger partial charge in [-0.1, -0.05) is 25.5 Å². The van der Waals surface area contributed by atoms with Crippen LogP contribution in [-0.2, 0) is 22.1 Å². The molecule has 3 atom stereocenters. The second-order valence-electron chi connectivity index (χ2n) is 6.88. The van der Waals surface area contributed by atoms with E-state index in [1.54, 1.807) is 0 Å². The molecule has 27 heavy (non-hydrogen) atoms. The van der Waals surface area contributed by atoms with Gasteiger partial charge < -0.3 is 16.0 Å². The van der Waals surface area contributed by atoms with Crippen molar-refractivity contribution in [2.24, 2.45) is 4.99 Å². The number of aliphatic imine (C=N–C) groups is 1. The smallest absolute Gasteiger partial charge is 0.221 e. The Kier molecular flexibility index (Phi) is 8.78. The van der Waals surface area contributed by atoms with E-state index in [1.165, 1.54) is 6.92 Å². The Bertz CT molecular complexity index is 678. The van der Waals surface area contributed by atoms with Crippen LogP contribution in [0.4, 0.5) is 5.69 Å². The summed E-state index contributed by atoms with van der Waals surface area (Å²) in [5.41, 5.74) is 1.82. The number of guanidine groups is 1. The van der Waals surface area contributed by atoms with Crippen molar-refractivity contribution in [1.29, 1.82) is 0 Å². The Balaban J connectivity index is 1.99. The number of nitrogens with zero attached hydrogens (tertiary/aromatic N) is 1. The standard InChI is InChI=1S/C20H32N4O2S/c1-4-21-20(24-18-10-7-11-19(13-18)27(26)5-2)22-14-16-8-6-9-17(12-16)23-15(3)25/h6,8-9,12,18-19H,4-5,7,10-11,13-14H2,1-3H3,(H,23,25)(H2,21,22,24). The fourth-order valence-corrected chi connectivity index (χ4v) is 4.73. The number of carbonyl (C=O) groups is 1. The van der Waals surface area contributed by atoms with Gasteiger partial charge in [0, 0.05) is 47.0 Å². The lowest BCUT2D eigenvalue weighted by atomic mass is 9.95. The molecule has 0 heterocycles. The molecule has 0 aromatic heterocycles. The average Bonchev–Trinajstić information content (AvgIpc) is 2.65. The van der Waals surface area contributed by atoms with Gasteiger partial charge in [-0.2, -0.15) is 0 Å². The van der Waals surface area contributed by atoms with Crippen LogP contribution < -0.4 is 16.0 Å². The van der Waals surface area contributed by atoms with E-state index in [0.29, 0.717) is 17.8 Å². The van der Waals surface area contributed by atoms with Crippen molar-refractivity contribution in [2.75, 3.05) is 17.6 Å². The van der Waals surface area contributed by atoms with Gasteiger partial charge in [-0.05, 0) is 43.9 Å². The van der Waals surface area contributed by atoms with E-state index in [2.05, 4.69) is 16.0 Å². The molecule has 0 spiro atoms. The largest absolute Gasteiger partial charge is 0.357 e. The van der Waals surface area contributed by atoms with Gasteiger partial charge in [0.2, 0.25) is 5.91 Å². The molecule has 3 unspecified atom stereocenters. The van der Waals surface area contributed by atoms with E-state index in [4.69, 9.17) is 4.99 Å². The maximum atomic E-state index is 12.2. The number of hydrogen-bond donors (Lipinski definition) is 3. The summed E-state index contributed by atoms with van der Waals surface area (Å²) in [5.74, 6) is 1.44. The van der Waals surface area contributed by atoms with E-state index < -0.39 is 10.8 Å². The molecule has 1 aromatic carbocycles. The highest BCUT2D eigenvalue weighted by Crippen LogP contribution is 2.23. The molecule has 1 aliphatic rings. The van der Waals surface area contributed by atoms with Crippen molar-refractivity contribution in [3.63, 3.8) is 0 Å². The van der Waals surface area contributed by atoms with Gasteiger partial charge in [-0.15, -0.1) is 0 Å². The van der Waals surface area contributed by atoms with Crippen LogP contribution >= 0.6 is 0 Å². The molecule has 1 aromatic rings. The zero-order valence-corrected chi connectivity index (χ0v) is 17.4. The second-order valence-corrected chi connectivity index (χ2v) is 8.88. The van der Waals surface area contributed by atoms with Crippen molar-refractivity contribution in [1.82, 2.24) is 10.6 Å². The van der Waals surface area contributed by atoms with Crippen molar-refractivity contribution in [3.8, 4) is 0 Å². The Morgan fingerprint density at radius 2 is 2.11 bits per heavy atom. The lowest BCUT2D eigenvalue weighted by molar-refractivity contribution is -0.114. The van der Waals surface area contributed by atoms with E-state index in [-0.39, 0.29) is 5.91 Å². The quantitative estimate of drug-likeness (QED) is 0.492. The SMILES string of the molecule is CCNC(=NCc1cccc(NC(C)=O)c1)NC1CCCC(S(=O)CC)C1. The molecular weight excluding hydrogens is 360 g/mol. The predicted octanol–water partition coefficient (Wildman–Crippen LogP) is 2.78. The van der Waals surface area contributed by atoms with Gasteiger partial charge >= 0.3 is 0 Å². The molecule has 1 saturated carbocycles. The Labute approximate surface area is 165 Å². The number of rotatable bonds is 7. The van der Waals surface area contributed by atoms with Gasteiger partial charge in [0.15, 0.2) is 5.96 Å². The third-order valence-electron chi connectivity index (χ3n) is 4.63. The molecule has 1 fully saturated rings. The number of carbonyl (C=O) groups excluding carboxylic acids is 1. The monoisotopic (exact) mass is 392 g/mol. The van der Waals surface area contributed by atoms with E-state index >= 15 is 0 Å². The first-order chi connectivity index (χ1) is 13.0. The van der Waals surface area contributed by atoms with Crippen molar-refractivity contribution >= 4 is 28.4 Å². The molecule has 1 amide bonds. The van der Waals surface area contributed by atoms with Crippen LogP contribution in [0.1, 0.15) is 52.0 Å². The predicted molar refractivity (Wildman–Crippen MR) is 113 cm³/mol. The second kappa shape index (κ2) is 11.1. The molecule has 1 aliphatic carbocycles. The van der Waals surface area contributed by atoms with Crippen molar-refractivity contribution in [3.05, 3.63) is 29.8 Å². The van der Waals surface area contributed by atoms with Crippen LogP contribution in [-0.4, -0.2) is 39.7 Å². The normalized spacial score (nSPS) is 21.4. The molecule has 7 heteroatoms. The van der Waals surface area contributed by atoms with Crippen molar-refractivity contribution in [2.45, 2.75) is 64.3 Å². The number of benzene rings is 1. The Hall–Kier alpha value is -1.89. The van der Waals surface area contributed by atoms with Crippen LogP contribution in [0.3, 0.4) is 0 Å². The highest BCUT2D eigenvalue weighted by molar-refractivity contribution is 7.85. The minimum Gasteiger partial charge on any atom is -0.357 e. The molecule has 0 radical (unpaired) electrons. The highest BCUT2D eigenvalue weighted by Gasteiger charge is 2.26. The molecule has 150 valence electrons. The number of hydrogen-bond acceptors (Lipinski definition) is 3. The highest BCUT2D eigenvalue weighted by atomic mass is 32.2. The van der Waals surface area contributed by atoms with Gasteiger partial charge in [0.1, 0.15) is 0 Å². The first-order valence-electron chi connectivity index (χ1n) is 9.80. The topological polar surface area (TPSA) is 82.6 Å². The summed E-state index contributed by atoms with van der Waals surface area (Å²) in [6.45, 7) is 6.85. The third kappa shape index (κ3) is 7.33. The Morgan fingerprint density at radius 3 is 2.81 bits per heavy atom. The zero-order chi connectivity index (χ0) is 19.6. The van der Waals surface area contributed by atoms with E-state index in [1.807, 2.05) is 38.1 Å². The summed E-state index contributed by atoms with van der Waals surface area (Å²) in [4.78, 5) is 15.9. The molecular formula is C20H32N4O2S. The summed E-state index contributed by atoms with van der Waals surface area (Å²) in [7, 11) is -0.729. The summed E-state index contributed by atoms with van der Waals surface area (Å²) < 4.78 is 12.2. The van der Waals surface area contributed by atoms with Crippen LogP contribution in [0.2, 0.25) is 0 Å². The van der Waals surface area contributed by atoms with Gasteiger partial charge in [-0.3, -0.25) is 9.00 Å². The summed E-state index contributed by atoms with van der Waals surface area (Å²) >= 11 is 0. The minimum atomic E-state index is -0.729. The van der Waals surface area contributed by atoms with Crippen LogP contribution in [0.15, 0.2) is 29.3 Å². The first-order valence-corrected chi connectivity index (χ1v) is 11.2. The molecule has 0 bridgehead atoms. The van der Waals surface area contributed by atoms with Crippen LogP contribution in [0, 0.1) is 0 Å². The maximum absolute atomic E-state index is 12.2. The Morgan fingerprint density at radius 1 is 1.30 bits per heavy atom.